The lowest BCUT2D eigenvalue weighted by molar-refractivity contribution is 0.631. The van der Waals surface area contributed by atoms with Crippen molar-refractivity contribution in [3.05, 3.63) is 18.6 Å². The standard InChI is InChI=1S/C7H9/c1-2-6(3-1)7-4-5-7/h1-3,6-7H,4-5H2. The van der Waals surface area contributed by atoms with Gasteiger partial charge in [-0.1, -0.05) is 12.2 Å². The van der Waals surface area contributed by atoms with Gasteiger partial charge in [-0.25, -0.2) is 0 Å². The Morgan fingerprint density at radius 1 is 1.29 bits per heavy atom. The summed E-state index contributed by atoms with van der Waals surface area (Å²) in [7, 11) is 0. The lowest BCUT2D eigenvalue weighted by atomic mass is 9.91. The van der Waals surface area contributed by atoms with Crippen LogP contribution < -0.4 is 0 Å². The summed E-state index contributed by atoms with van der Waals surface area (Å²) >= 11 is 0. The van der Waals surface area contributed by atoms with Crippen LogP contribution in [0.3, 0.4) is 0 Å². The fraction of sp³-hybridized carbons (Fsp3) is 0.571. The van der Waals surface area contributed by atoms with Crippen LogP contribution in [0.25, 0.3) is 0 Å². The molecule has 0 heteroatoms. The van der Waals surface area contributed by atoms with Gasteiger partial charge < -0.3 is 0 Å². The second kappa shape index (κ2) is 1.12. The topological polar surface area (TPSA) is 0 Å². The Hall–Kier alpha value is -0.260. The van der Waals surface area contributed by atoms with Crippen molar-refractivity contribution in [3.8, 4) is 0 Å². The molecule has 0 bridgehead atoms. The van der Waals surface area contributed by atoms with Crippen LogP contribution in [-0.4, -0.2) is 0 Å². The van der Waals surface area contributed by atoms with Crippen molar-refractivity contribution < 1.29 is 0 Å². The first-order chi connectivity index (χ1) is 3.47. The Kier molecular flexibility index (Phi) is 0.592. The molecule has 0 aromatic carbocycles. The van der Waals surface area contributed by atoms with Crippen LogP contribution in [0.4, 0.5) is 0 Å². The minimum atomic E-state index is 0.889. The highest BCUT2D eigenvalue weighted by Crippen LogP contribution is 2.42. The molecule has 1 fully saturated rings. The molecule has 0 saturated heterocycles. The first-order valence-corrected chi connectivity index (χ1v) is 2.98. The van der Waals surface area contributed by atoms with Crippen molar-refractivity contribution >= 4 is 0 Å². The molecule has 0 aromatic rings. The largest absolute Gasteiger partial charge is 0.0842 e. The van der Waals surface area contributed by atoms with Crippen molar-refractivity contribution in [2.24, 2.45) is 11.8 Å². The Balaban J connectivity index is 1.96. The fourth-order valence-electron chi connectivity index (χ4n) is 1.03. The molecule has 1 radical (unpaired) electrons. The Bertz CT molecular complexity index is 98.6. The molecular formula is C7H9. The van der Waals surface area contributed by atoms with Crippen molar-refractivity contribution in [1.29, 1.82) is 0 Å². The summed E-state index contributed by atoms with van der Waals surface area (Å²) in [5.41, 5.74) is 0. The summed E-state index contributed by atoms with van der Waals surface area (Å²) in [4.78, 5) is 0. The van der Waals surface area contributed by atoms with Crippen LogP contribution in [0, 0.1) is 18.3 Å². The summed E-state index contributed by atoms with van der Waals surface area (Å²) in [6.07, 6.45) is 9.72. The van der Waals surface area contributed by atoms with Gasteiger partial charge in [0, 0.05) is 0 Å². The highest BCUT2D eigenvalue weighted by Gasteiger charge is 2.31. The van der Waals surface area contributed by atoms with E-state index in [9.17, 15) is 0 Å². The van der Waals surface area contributed by atoms with E-state index in [0.29, 0.717) is 0 Å². The van der Waals surface area contributed by atoms with E-state index in [1.54, 1.807) is 0 Å². The maximum atomic E-state index is 2.30. The van der Waals surface area contributed by atoms with Gasteiger partial charge in [-0.3, -0.25) is 0 Å². The first kappa shape index (κ1) is 3.71. The van der Waals surface area contributed by atoms with Gasteiger partial charge in [-0.05, 0) is 31.1 Å². The van der Waals surface area contributed by atoms with Crippen molar-refractivity contribution in [2.45, 2.75) is 12.8 Å². The first-order valence-electron chi connectivity index (χ1n) is 2.98. The highest BCUT2D eigenvalue weighted by atomic mass is 14.4. The minimum Gasteiger partial charge on any atom is -0.0842 e. The molecule has 0 N–H and O–H groups in total. The van der Waals surface area contributed by atoms with Gasteiger partial charge in [0.15, 0.2) is 0 Å². The predicted octanol–water partition coefficient (Wildman–Crippen LogP) is 1.79. The van der Waals surface area contributed by atoms with E-state index in [2.05, 4.69) is 18.6 Å². The predicted molar refractivity (Wildman–Crippen MR) is 29.7 cm³/mol. The molecule has 1 saturated carbocycles. The lowest BCUT2D eigenvalue weighted by Gasteiger charge is -2.14. The van der Waals surface area contributed by atoms with Crippen LogP contribution in [0.5, 0.6) is 0 Å². The Labute approximate surface area is 44.2 Å². The summed E-state index contributed by atoms with van der Waals surface area (Å²) in [5, 5.41) is 0. The van der Waals surface area contributed by atoms with Gasteiger partial charge in [-0.15, -0.1) is 0 Å². The van der Waals surface area contributed by atoms with Crippen molar-refractivity contribution in [1.82, 2.24) is 0 Å². The molecule has 0 aromatic heterocycles. The zero-order valence-corrected chi connectivity index (χ0v) is 4.30. The molecule has 0 amide bonds. The van der Waals surface area contributed by atoms with E-state index in [4.69, 9.17) is 0 Å². The van der Waals surface area contributed by atoms with Crippen molar-refractivity contribution in [2.75, 3.05) is 0 Å². The fourth-order valence-corrected chi connectivity index (χ4v) is 1.03. The molecular weight excluding hydrogens is 84.1 g/mol. The second-order valence-corrected chi connectivity index (χ2v) is 2.49. The third-order valence-electron chi connectivity index (χ3n) is 1.83. The monoisotopic (exact) mass is 93.1 g/mol. The molecule has 7 heavy (non-hydrogen) atoms. The van der Waals surface area contributed by atoms with Gasteiger partial charge >= 0.3 is 0 Å². The molecule has 1 atom stereocenters. The minimum absolute atomic E-state index is 0.889. The smallest absolute Gasteiger partial charge is 0.00990 e. The third kappa shape index (κ3) is 0.495. The van der Waals surface area contributed by atoms with Crippen LogP contribution in [0.2, 0.25) is 0 Å². The summed E-state index contributed by atoms with van der Waals surface area (Å²) in [5.74, 6) is 1.95. The van der Waals surface area contributed by atoms with E-state index in [1.165, 1.54) is 12.8 Å². The number of rotatable bonds is 1. The molecule has 0 nitrogen and oxygen atoms in total. The van der Waals surface area contributed by atoms with Gasteiger partial charge in [0.1, 0.15) is 0 Å². The summed E-state index contributed by atoms with van der Waals surface area (Å²) in [6, 6.07) is 0. The van der Waals surface area contributed by atoms with E-state index in [1.807, 2.05) is 0 Å². The highest BCUT2D eigenvalue weighted by molar-refractivity contribution is 5.19. The van der Waals surface area contributed by atoms with Gasteiger partial charge in [0.25, 0.3) is 0 Å². The zero-order chi connectivity index (χ0) is 4.69. The number of hydrogen-bond acceptors (Lipinski definition) is 0. The normalized spacial score (nSPS) is 38.0. The average Bonchev–Trinajstić information content (AvgIpc) is 2.10. The molecule has 0 heterocycles. The second-order valence-electron chi connectivity index (χ2n) is 2.49. The molecule has 0 aliphatic heterocycles. The summed E-state index contributed by atoms with van der Waals surface area (Å²) in [6.45, 7) is 0. The average molecular weight is 93.1 g/mol. The number of hydrogen-bond donors (Lipinski definition) is 0. The quantitative estimate of drug-likeness (QED) is 0.463. The van der Waals surface area contributed by atoms with E-state index in [-0.39, 0.29) is 0 Å². The maximum absolute atomic E-state index is 2.30. The summed E-state index contributed by atoms with van der Waals surface area (Å²) < 4.78 is 0. The van der Waals surface area contributed by atoms with Gasteiger partial charge in [0.05, 0.1) is 0 Å². The molecule has 2 aliphatic rings. The van der Waals surface area contributed by atoms with Crippen LogP contribution in [0.15, 0.2) is 12.2 Å². The van der Waals surface area contributed by atoms with E-state index in [0.717, 1.165) is 11.8 Å². The Morgan fingerprint density at radius 3 is 2.14 bits per heavy atom. The van der Waals surface area contributed by atoms with Crippen LogP contribution >= 0.6 is 0 Å². The molecule has 2 aliphatic carbocycles. The van der Waals surface area contributed by atoms with Gasteiger partial charge in [-0.2, -0.15) is 0 Å². The van der Waals surface area contributed by atoms with E-state index < -0.39 is 0 Å². The number of allylic oxidation sites excluding steroid dienone is 2. The van der Waals surface area contributed by atoms with Crippen LogP contribution in [-0.2, 0) is 0 Å². The molecule has 2 rings (SSSR count). The molecule has 37 valence electrons. The van der Waals surface area contributed by atoms with E-state index >= 15 is 0 Å². The van der Waals surface area contributed by atoms with Crippen molar-refractivity contribution in [3.63, 3.8) is 0 Å². The maximum Gasteiger partial charge on any atom is -0.00990 e. The third-order valence-corrected chi connectivity index (χ3v) is 1.83. The SMILES string of the molecule is [CH]1C=CC1C1CC1. The Morgan fingerprint density at radius 2 is 2.00 bits per heavy atom. The molecule has 0 spiro atoms. The zero-order valence-electron chi connectivity index (χ0n) is 4.30. The lowest BCUT2D eigenvalue weighted by Crippen LogP contribution is -2.04. The van der Waals surface area contributed by atoms with Gasteiger partial charge in [0.2, 0.25) is 0 Å². The molecule has 1 unspecified atom stereocenters. The van der Waals surface area contributed by atoms with Crippen LogP contribution in [0.1, 0.15) is 12.8 Å².